The first kappa shape index (κ1) is 38.4. The number of hydrogen-bond acceptors (Lipinski definition) is 4. The Morgan fingerprint density at radius 2 is 0.879 bits per heavy atom. The van der Waals surface area contributed by atoms with Crippen LogP contribution < -0.4 is 4.90 Å². The van der Waals surface area contributed by atoms with Gasteiger partial charge in [-0.3, -0.25) is 19.3 Å². The summed E-state index contributed by atoms with van der Waals surface area (Å²) in [7, 11) is 0. The van der Waals surface area contributed by atoms with E-state index in [1.807, 2.05) is 12.1 Å². The van der Waals surface area contributed by atoms with Gasteiger partial charge in [-0.15, -0.1) is 0 Å². The Morgan fingerprint density at radius 3 is 1.42 bits per heavy atom. The molecule has 3 aliphatic rings. The van der Waals surface area contributed by atoms with Crippen molar-refractivity contribution in [3.05, 3.63) is 197 Å². The number of aliphatic carboxylic acids is 1. The van der Waals surface area contributed by atoms with Crippen molar-refractivity contribution < 1.29 is 19.5 Å². The molecule has 1 aliphatic heterocycles. The lowest BCUT2D eigenvalue weighted by atomic mass is 9.82. The molecule has 1 heterocycles. The lowest BCUT2D eigenvalue weighted by molar-refractivity contribution is -0.137. The van der Waals surface area contributed by atoms with Crippen LogP contribution in [0.15, 0.2) is 164 Å². The molecule has 0 spiro atoms. The zero-order chi connectivity index (χ0) is 45.0. The molecule has 13 rings (SSSR count). The first-order chi connectivity index (χ1) is 31.9. The topological polar surface area (TPSA) is 77.9 Å². The molecule has 2 aliphatic carbocycles. The highest BCUT2D eigenvalue weighted by molar-refractivity contribution is 6.39. The van der Waals surface area contributed by atoms with Crippen molar-refractivity contribution in [2.24, 2.45) is 0 Å². The minimum absolute atomic E-state index is 0.155. The average molecular weight is 855 g/mol. The Morgan fingerprint density at radius 1 is 0.439 bits per heavy atom. The van der Waals surface area contributed by atoms with E-state index in [-0.39, 0.29) is 10.8 Å². The summed E-state index contributed by atoms with van der Waals surface area (Å²) >= 11 is 0. The van der Waals surface area contributed by atoms with Crippen LogP contribution in [0.25, 0.3) is 76.5 Å². The van der Waals surface area contributed by atoms with Gasteiger partial charge in [0.1, 0.15) is 6.54 Å². The fraction of sp³-hybridized carbons (Fsp3) is 0.117. The van der Waals surface area contributed by atoms with Crippen molar-refractivity contribution in [3.8, 4) is 33.4 Å². The van der Waals surface area contributed by atoms with Gasteiger partial charge < -0.3 is 10.0 Å². The summed E-state index contributed by atoms with van der Waals surface area (Å²) in [5.41, 5.74) is 16.4. The molecule has 0 saturated heterocycles. The van der Waals surface area contributed by atoms with Crippen LogP contribution in [0.3, 0.4) is 0 Å². The van der Waals surface area contributed by atoms with Gasteiger partial charge in [-0.25, -0.2) is 0 Å². The summed E-state index contributed by atoms with van der Waals surface area (Å²) < 4.78 is 0. The molecular weight excluding hydrogens is 813 g/mol. The van der Waals surface area contributed by atoms with Crippen LogP contribution in [0.2, 0.25) is 0 Å². The summed E-state index contributed by atoms with van der Waals surface area (Å²) in [4.78, 5) is 42.1. The Hall–Kier alpha value is -8.09. The number of carbonyl (C=O) groups is 3. The van der Waals surface area contributed by atoms with Crippen molar-refractivity contribution in [3.63, 3.8) is 0 Å². The zero-order valence-corrected chi connectivity index (χ0v) is 36.9. The predicted octanol–water partition coefficient (Wildman–Crippen LogP) is 14.2. The molecular formula is C60H42N2O4. The van der Waals surface area contributed by atoms with Gasteiger partial charge >= 0.3 is 5.97 Å². The first-order valence-electron chi connectivity index (χ1n) is 22.6. The third kappa shape index (κ3) is 5.04. The van der Waals surface area contributed by atoms with Crippen LogP contribution in [0.4, 0.5) is 17.1 Å². The van der Waals surface area contributed by atoms with Gasteiger partial charge in [0.15, 0.2) is 0 Å². The maximum absolute atomic E-state index is 13.6. The van der Waals surface area contributed by atoms with Gasteiger partial charge in [0.2, 0.25) is 0 Å². The van der Waals surface area contributed by atoms with Gasteiger partial charge in [-0.1, -0.05) is 143 Å². The number of carbonyl (C=O) groups excluding carboxylic acids is 2. The number of hydrogen-bond donors (Lipinski definition) is 1. The summed E-state index contributed by atoms with van der Waals surface area (Å²) in [5.74, 6) is -2.41. The number of rotatable bonds is 6. The maximum atomic E-state index is 13.6. The van der Waals surface area contributed by atoms with Gasteiger partial charge in [-0.05, 0) is 142 Å². The average Bonchev–Trinajstić information content (AvgIpc) is 3.70. The smallest absolute Gasteiger partial charge is 0.323 e. The molecule has 10 aromatic carbocycles. The van der Waals surface area contributed by atoms with Gasteiger partial charge in [-0.2, -0.15) is 0 Å². The number of carboxylic acids is 1. The molecule has 6 heteroatoms. The summed E-state index contributed by atoms with van der Waals surface area (Å²) in [6.45, 7) is 8.65. The minimum atomic E-state index is -1.24. The van der Waals surface area contributed by atoms with Crippen LogP contribution in [-0.4, -0.2) is 34.3 Å². The van der Waals surface area contributed by atoms with Crippen LogP contribution in [0.5, 0.6) is 0 Å². The van der Waals surface area contributed by atoms with E-state index in [4.69, 9.17) is 0 Å². The van der Waals surface area contributed by atoms with E-state index in [2.05, 4.69) is 172 Å². The number of anilines is 3. The van der Waals surface area contributed by atoms with Gasteiger partial charge in [0, 0.05) is 44.4 Å². The Balaban J connectivity index is 0.954. The van der Waals surface area contributed by atoms with E-state index in [0.29, 0.717) is 16.5 Å². The second-order valence-corrected chi connectivity index (χ2v) is 19.2. The number of benzene rings is 10. The van der Waals surface area contributed by atoms with E-state index in [1.54, 1.807) is 12.1 Å². The summed E-state index contributed by atoms with van der Waals surface area (Å²) in [6.07, 6.45) is 0. The number of carboxylic acid groups (broad SMARTS) is 1. The minimum Gasteiger partial charge on any atom is -0.480 e. The number of imide groups is 1. The second-order valence-electron chi connectivity index (χ2n) is 19.2. The lowest BCUT2D eigenvalue weighted by Crippen LogP contribution is -2.43. The predicted molar refractivity (Wildman–Crippen MR) is 266 cm³/mol. The van der Waals surface area contributed by atoms with Crippen molar-refractivity contribution in [1.29, 1.82) is 0 Å². The van der Waals surface area contributed by atoms with E-state index >= 15 is 0 Å². The monoisotopic (exact) mass is 854 g/mol. The molecule has 0 fully saturated rings. The molecule has 0 saturated carbocycles. The number of amides is 2. The second kappa shape index (κ2) is 13.2. The summed E-state index contributed by atoms with van der Waals surface area (Å²) in [5, 5.41) is 17.1. The van der Waals surface area contributed by atoms with Crippen molar-refractivity contribution >= 4 is 77.9 Å². The summed E-state index contributed by atoms with van der Waals surface area (Å²) in [6, 6.07) is 58.6. The molecule has 66 heavy (non-hydrogen) atoms. The molecule has 0 aromatic heterocycles. The lowest BCUT2D eigenvalue weighted by Gasteiger charge is -2.30. The Kier molecular flexibility index (Phi) is 7.70. The largest absolute Gasteiger partial charge is 0.480 e. The SMILES string of the molecule is CC1(C)c2ccccc2-c2ccc(N(c3ccc(-c4ccc5c6ccc7c8c(ccc(c9cccc4c95)c86)C(=O)N(CC(=O)O)C7=O)cc3)c3ccc4c(c3)C(C)(C)c3ccccc3-4)cc21. The van der Waals surface area contributed by atoms with Crippen molar-refractivity contribution in [2.75, 3.05) is 11.4 Å². The van der Waals surface area contributed by atoms with E-state index in [1.165, 1.54) is 44.5 Å². The fourth-order valence-corrected chi connectivity index (χ4v) is 12.0. The molecule has 2 amide bonds. The molecule has 0 atom stereocenters. The molecule has 0 unspecified atom stereocenters. The highest BCUT2D eigenvalue weighted by Gasteiger charge is 2.39. The van der Waals surface area contributed by atoms with Crippen molar-refractivity contribution in [2.45, 2.75) is 38.5 Å². The molecule has 10 aromatic rings. The number of fused-ring (bicyclic) bond motifs is 8. The maximum Gasteiger partial charge on any atom is 0.323 e. The van der Waals surface area contributed by atoms with Crippen LogP contribution in [-0.2, 0) is 15.6 Å². The van der Waals surface area contributed by atoms with E-state index < -0.39 is 24.3 Å². The quantitative estimate of drug-likeness (QED) is 0.102. The standard InChI is InChI=1S/C60H42N2O4/c1-59(2)49-14-7-5-10-38(49)40-22-20-35(30-51(40)59)62(36-21-23-41-39-11-6-8-15-50(39)60(3,4)52(41)31-36)34-18-16-33(17-19-34)37-24-25-44-46-27-29-48-56-47(57(65)61(58(48)66)32-53(63)64)28-26-45(55(46)56)43-13-9-12-42(37)54(43)44/h5-31H,32H2,1-4H3,(H,63,64). The van der Waals surface area contributed by atoms with Crippen LogP contribution in [0.1, 0.15) is 70.7 Å². The molecule has 6 nitrogen and oxygen atoms in total. The van der Waals surface area contributed by atoms with Crippen LogP contribution in [0, 0.1) is 0 Å². The Bertz CT molecular complexity index is 3650. The Labute approximate surface area is 381 Å². The van der Waals surface area contributed by atoms with Crippen LogP contribution >= 0.6 is 0 Å². The fourth-order valence-electron chi connectivity index (χ4n) is 12.0. The number of nitrogens with zero attached hydrogens (tertiary/aromatic N) is 2. The van der Waals surface area contributed by atoms with Gasteiger partial charge in [0.25, 0.3) is 11.8 Å². The van der Waals surface area contributed by atoms with Gasteiger partial charge in [0.05, 0.1) is 0 Å². The third-order valence-electron chi connectivity index (χ3n) is 15.1. The molecule has 1 N–H and O–H groups in total. The first-order valence-corrected chi connectivity index (χ1v) is 22.6. The molecule has 0 radical (unpaired) electrons. The van der Waals surface area contributed by atoms with E-state index in [9.17, 15) is 19.5 Å². The zero-order valence-electron chi connectivity index (χ0n) is 36.9. The molecule has 316 valence electrons. The van der Waals surface area contributed by atoms with Crippen molar-refractivity contribution in [1.82, 2.24) is 4.90 Å². The highest BCUT2D eigenvalue weighted by atomic mass is 16.4. The van der Waals surface area contributed by atoms with E-state index in [0.717, 1.165) is 70.8 Å². The highest BCUT2D eigenvalue weighted by Crippen LogP contribution is 2.54. The third-order valence-corrected chi connectivity index (χ3v) is 15.1. The normalized spacial score (nSPS) is 15.1. The molecule has 0 bridgehead atoms.